The molecule has 0 amide bonds. The fraction of sp³-hybridized carbons (Fsp3) is 0.619. The highest BCUT2D eigenvalue weighted by Crippen LogP contribution is 2.35. The smallest absolute Gasteiger partial charge is 0.0662 e. The molecule has 0 N–H and O–H groups in total. The van der Waals surface area contributed by atoms with Crippen LogP contribution in [0.1, 0.15) is 71.3 Å². The van der Waals surface area contributed by atoms with Gasteiger partial charge in [0.05, 0.1) is 11.4 Å². The first-order valence-corrected chi connectivity index (χ1v) is 9.40. The molecule has 0 saturated heterocycles. The summed E-state index contributed by atoms with van der Waals surface area (Å²) in [6.45, 7) is 6.63. The molecule has 124 valence electrons. The summed E-state index contributed by atoms with van der Waals surface area (Å²) in [7, 11) is 0. The van der Waals surface area contributed by atoms with Crippen LogP contribution in [0.15, 0.2) is 28.2 Å². The van der Waals surface area contributed by atoms with E-state index in [4.69, 9.17) is 9.98 Å². The minimum atomic E-state index is 0.744. The van der Waals surface area contributed by atoms with Gasteiger partial charge in [0.25, 0.3) is 0 Å². The summed E-state index contributed by atoms with van der Waals surface area (Å²) >= 11 is 0. The Morgan fingerprint density at radius 2 is 1.61 bits per heavy atom. The summed E-state index contributed by atoms with van der Waals surface area (Å²) in [4.78, 5) is 9.78. The minimum absolute atomic E-state index is 0.744. The SMILES string of the molecule is CCCCCc1cc(/N=C(/C)C2CC2)ccc1/N=C(/C)C1CC1. The standard InChI is InChI=1S/C21H30N2/c1-4-5-6-7-19-14-20(22-15(2)17-8-9-17)12-13-21(19)23-16(3)18-10-11-18/h12-14,17-18H,4-11H2,1-3H3/b22-15-,23-16-. The molecule has 0 heterocycles. The third-order valence-corrected chi connectivity index (χ3v) is 5.05. The van der Waals surface area contributed by atoms with Crippen molar-refractivity contribution in [2.24, 2.45) is 21.8 Å². The van der Waals surface area contributed by atoms with Crippen LogP contribution in [0.2, 0.25) is 0 Å². The summed E-state index contributed by atoms with van der Waals surface area (Å²) in [5, 5.41) is 0. The molecule has 23 heavy (non-hydrogen) atoms. The maximum Gasteiger partial charge on any atom is 0.0662 e. The number of aliphatic imine (C=N–C) groups is 2. The van der Waals surface area contributed by atoms with E-state index in [-0.39, 0.29) is 0 Å². The van der Waals surface area contributed by atoms with Gasteiger partial charge < -0.3 is 0 Å². The van der Waals surface area contributed by atoms with Crippen LogP contribution in [0.5, 0.6) is 0 Å². The van der Waals surface area contributed by atoms with Gasteiger partial charge in [0.1, 0.15) is 0 Å². The molecule has 2 aliphatic rings. The fourth-order valence-corrected chi connectivity index (χ4v) is 3.09. The van der Waals surface area contributed by atoms with Crippen LogP contribution in [-0.4, -0.2) is 11.4 Å². The van der Waals surface area contributed by atoms with E-state index in [0.29, 0.717) is 0 Å². The van der Waals surface area contributed by atoms with Gasteiger partial charge in [-0.05, 0) is 88.0 Å². The first-order valence-electron chi connectivity index (χ1n) is 9.40. The Balaban J connectivity index is 1.81. The summed E-state index contributed by atoms with van der Waals surface area (Å²) < 4.78 is 0. The predicted molar refractivity (Wildman–Crippen MR) is 101 cm³/mol. The average molecular weight is 310 g/mol. The maximum absolute atomic E-state index is 4.94. The van der Waals surface area contributed by atoms with Gasteiger partial charge in [-0.15, -0.1) is 0 Å². The van der Waals surface area contributed by atoms with Crippen molar-refractivity contribution in [3.63, 3.8) is 0 Å². The maximum atomic E-state index is 4.94. The zero-order chi connectivity index (χ0) is 16.2. The topological polar surface area (TPSA) is 24.7 Å². The van der Waals surface area contributed by atoms with Crippen molar-refractivity contribution in [3.8, 4) is 0 Å². The molecule has 2 saturated carbocycles. The van der Waals surface area contributed by atoms with E-state index in [1.54, 1.807) is 0 Å². The molecule has 0 aliphatic heterocycles. The zero-order valence-electron chi connectivity index (χ0n) is 14.9. The van der Waals surface area contributed by atoms with Gasteiger partial charge in [0.2, 0.25) is 0 Å². The zero-order valence-corrected chi connectivity index (χ0v) is 14.9. The van der Waals surface area contributed by atoms with E-state index in [1.165, 1.54) is 67.6 Å². The second-order valence-electron chi connectivity index (χ2n) is 7.33. The second kappa shape index (κ2) is 7.42. The van der Waals surface area contributed by atoms with Crippen LogP contribution in [0.25, 0.3) is 0 Å². The Morgan fingerprint density at radius 3 is 2.22 bits per heavy atom. The fourth-order valence-electron chi connectivity index (χ4n) is 3.09. The van der Waals surface area contributed by atoms with Crippen molar-refractivity contribution in [2.45, 2.75) is 72.1 Å². The monoisotopic (exact) mass is 310 g/mol. The summed E-state index contributed by atoms with van der Waals surface area (Å²) in [6.07, 6.45) is 10.2. The van der Waals surface area contributed by atoms with Crippen molar-refractivity contribution < 1.29 is 0 Å². The largest absolute Gasteiger partial charge is 0.258 e. The van der Waals surface area contributed by atoms with Crippen molar-refractivity contribution in [1.29, 1.82) is 0 Å². The highest BCUT2D eigenvalue weighted by Gasteiger charge is 2.25. The molecule has 0 bridgehead atoms. The molecule has 2 nitrogen and oxygen atoms in total. The van der Waals surface area contributed by atoms with Crippen LogP contribution in [0.4, 0.5) is 11.4 Å². The van der Waals surface area contributed by atoms with E-state index in [9.17, 15) is 0 Å². The first kappa shape index (κ1) is 16.4. The molecule has 2 heteroatoms. The van der Waals surface area contributed by atoms with Gasteiger partial charge in [0, 0.05) is 11.4 Å². The molecular weight excluding hydrogens is 280 g/mol. The molecule has 0 radical (unpaired) electrons. The van der Waals surface area contributed by atoms with Crippen molar-refractivity contribution in [1.82, 2.24) is 0 Å². The lowest BCUT2D eigenvalue weighted by Crippen LogP contribution is -1.95. The highest BCUT2D eigenvalue weighted by atomic mass is 14.8. The molecule has 0 spiro atoms. The normalized spacial score (nSPS) is 19.3. The van der Waals surface area contributed by atoms with E-state index >= 15 is 0 Å². The number of hydrogen-bond acceptors (Lipinski definition) is 2. The molecule has 0 atom stereocenters. The van der Waals surface area contributed by atoms with Crippen LogP contribution in [0, 0.1) is 11.8 Å². The number of hydrogen-bond donors (Lipinski definition) is 0. The quantitative estimate of drug-likeness (QED) is 0.391. The second-order valence-corrected chi connectivity index (χ2v) is 7.33. The molecule has 1 aromatic rings. The first-order chi connectivity index (χ1) is 11.2. The van der Waals surface area contributed by atoms with Crippen LogP contribution >= 0.6 is 0 Å². The number of rotatable bonds is 8. The van der Waals surface area contributed by atoms with Crippen LogP contribution < -0.4 is 0 Å². The van der Waals surface area contributed by atoms with Gasteiger partial charge in [-0.25, -0.2) is 0 Å². The van der Waals surface area contributed by atoms with Crippen molar-refractivity contribution in [2.75, 3.05) is 0 Å². The van der Waals surface area contributed by atoms with Crippen molar-refractivity contribution >= 4 is 22.8 Å². The molecule has 1 aromatic carbocycles. The molecule has 2 fully saturated rings. The lowest BCUT2D eigenvalue weighted by Gasteiger charge is -2.09. The molecule has 3 rings (SSSR count). The van der Waals surface area contributed by atoms with Gasteiger partial charge in [0.15, 0.2) is 0 Å². The Bertz CT molecular complexity index is 604. The minimum Gasteiger partial charge on any atom is -0.258 e. The van der Waals surface area contributed by atoms with Gasteiger partial charge in [-0.1, -0.05) is 19.8 Å². The van der Waals surface area contributed by atoms with Gasteiger partial charge >= 0.3 is 0 Å². The van der Waals surface area contributed by atoms with E-state index < -0.39 is 0 Å². The number of aryl methyl sites for hydroxylation is 1. The summed E-state index contributed by atoms with van der Waals surface area (Å²) in [5.74, 6) is 1.49. The molecule has 2 aliphatic carbocycles. The lowest BCUT2D eigenvalue weighted by atomic mass is 10.0. The number of benzene rings is 1. The molecule has 0 unspecified atom stereocenters. The molecule has 0 aromatic heterocycles. The van der Waals surface area contributed by atoms with Crippen LogP contribution in [0.3, 0.4) is 0 Å². The van der Waals surface area contributed by atoms with Crippen LogP contribution in [-0.2, 0) is 6.42 Å². The number of nitrogens with zero attached hydrogens (tertiary/aromatic N) is 2. The van der Waals surface area contributed by atoms with E-state index in [2.05, 4.69) is 39.0 Å². The third kappa shape index (κ3) is 4.76. The van der Waals surface area contributed by atoms with Gasteiger partial charge in [-0.2, -0.15) is 0 Å². The Morgan fingerprint density at radius 1 is 0.957 bits per heavy atom. The Labute approximate surface area is 141 Å². The van der Waals surface area contributed by atoms with Gasteiger partial charge in [-0.3, -0.25) is 9.98 Å². The third-order valence-electron chi connectivity index (χ3n) is 5.05. The number of unbranched alkanes of at least 4 members (excludes halogenated alkanes) is 2. The average Bonchev–Trinajstić information content (AvgIpc) is 3.41. The Hall–Kier alpha value is -1.44. The Kier molecular flexibility index (Phi) is 5.30. The van der Waals surface area contributed by atoms with E-state index in [1.807, 2.05) is 0 Å². The van der Waals surface area contributed by atoms with Crippen molar-refractivity contribution in [3.05, 3.63) is 23.8 Å². The lowest BCUT2D eigenvalue weighted by molar-refractivity contribution is 0.718. The highest BCUT2D eigenvalue weighted by molar-refractivity contribution is 5.90. The summed E-state index contributed by atoms with van der Waals surface area (Å²) in [5.41, 5.74) is 6.28. The molecular formula is C21H30N2. The summed E-state index contributed by atoms with van der Waals surface area (Å²) in [6, 6.07) is 6.61. The van der Waals surface area contributed by atoms with E-state index in [0.717, 1.165) is 23.9 Å². The predicted octanol–water partition coefficient (Wildman–Crippen LogP) is 6.42.